The molecule has 0 aromatic rings. The maximum absolute atomic E-state index is 6.54. The average Bonchev–Trinajstić information content (AvgIpc) is 2.17. The zero-order valence-electron chi connectivity index (χ0n) is 12.7. The third kappa shape index (κ3) is 2.81. The lowest BCUT2D eigenvalue weighted by atomic mass is 9.59. The molecule has 0 saturated carbocycles. The van der Waals surface area contributed by atoms with Gasteiger partial charge in [-0.1, -0.05) is 13.8 Å². The highest BCUT2D eigenvalue weighted by atomic mass is 15.2. The molecule has 0 aromatic heterocycles. The minimum absolute atomic E-state index is 0.0529. The lowest BCUT2D eigenvalue weighted by molar-refractivity contribution is -0.0174. The first-order valence-electron chi connectivity index (χ1n) is 6.35. The van der Waals surface area contributed by atoms with Crippen LogP contribution in [0.4, 0.5) is 0 Å². The zero-order valence-corrected chi connectivity index (χ0v) is 12.7. The molecular weight excluding hydrogens is 212 g/mol. The minimum Gasteiger partial charge on any atom is -0.330 e. The maximum Gasteiger partial charge on any atom is 0.0348 e. The number of nitrogens with zero attached hydrogens (tertiary/aromatic N) is 1. The van der Waals surface area contributed by atoms with E-state index < -0.39 is 5.54 Å². The van der Waals surface area contributed by atoms with Gasteiger partial charge in [0.05, 0.1) is 0 Å². The molecule has 2 atom stereocenters. The Bertz CT molecular complexity index is 244. The summed E-state index contributed by atoms with van der Waals surface area (Å²) in [4.78, 5) is 2.20. The fourth-order valence-electron chi connectivity index (χ4n) is 2.16. The molecule has 4 nitrogen and oxygen atoms in total. The number of nitrogens with two attached hydrogens (primary N) is 3. The van der Waals surface area contributed by atoms with Gasteiger partial charge in [-0.25, -0.2) is 0 Å². The van der Waals surface area contributed by atoms with Crippen LogP contribution in [-0.4, -0.2) is 42.7 Å². The third-order valence-electron chi connectivity index (χ3n) is 5.24. The fourth-order valence-corrected chi connectivity index (χ4v) is 2.16. The minimum atomic E-state index is -0.472. The monoisotopic (exact) mass is 244 g/mol. The molecule has 0 aliphatic heterocycles. The summed E-state index contributed by atoms with van der Waals surface area (Å²) in [5.41, 5.74) is 17.7. The van der Waals surface area contributed by atoms with Gasteiger partial charge >= 0.3 is 0 Å². The average molecular weight is 244 g/mol. The van der Waals surface area contributed by atoms with Crippen LogP contribution in [-0.2, 0) is 0 Å². The summed E-state index contributed by atoms with van der Waals surface area (Å²) in [5, 5.41) is 0. The van der Waals surface area contributed by atoms with Gasteiger partial charge < -0.3 is 22.1 Å². The molecule has 0 spiro atoms. The van der Waals surface area contributed by atoms with Gasteiger partial charge in [-0.3, -0.25) is 0 Å². The molecule has 4 heteroatoms. The summed E-state index contributed by atoms with van der Waals surface area (Å²) >= 11 is 0. The fraction of sp³-hybridized carbons (Fsp3) is 1.00. The van der Waals surface area contributed by atoms with Crippen LogP contribution >= 0.6 is 0 Å². The van der Waals surface area contributed by atoms with Crippen LogP contribution in [0.3, 0.4) is 0 Å². The molecule has 0 aromatic carbocycles. The van der Waals surface area contributed by atoms with Crippen molar-refractivity contribution in [2.45, 2.75) is 58.2 Å². The van der Waals surface area contributed by atoms with E-state index in [9.17, 15) is 0 Å². The summed E-state index contributed by atoms with van der Waals surface area (Å²) in [5.74, 6) is 0. The first-order chi connectivity index (χ1) is 7.42. The maximum atomic E-state index is 6.54. The van der Waals surface area contributed by atoms with Gasteiger partial charge in [0.15, 0.2) is 0 Å². The highest BCUT2D eigenvalue weighted by Gasteiger charge is 2.51. The Hall–Kier alpha value is -0.160. The predicted molar refractivity (Wildman–Crippen MR) is 75.8 cm³/mol. The molecule has 0 saturated heterocycles. The summed E-state index contributed by atoms with van der Waals surface area (Å²) in [7, 11) is 4.15. The third-order valence-corrected chi connectivity index (χ3v) is 5.24. The topological polar surface area (TPSA) is 81.3 Å². The quantitative estimate of drug-likeness (QED) is 0.644. The van der Waals surface area contributed by atoms with Crippen LogP contribution in [0, 0.1) is 5.41 Å². The Kier molecular flexibility index (Phi) is 5.18. The first-order valence-corrected chi connectivity index (χ1v) is 6.35. The smallest absolute Gasteiger partial charge is 0.0348 e. The van der Waals surface area contributed by atoms with Gasteiger partial charge in [-0.15, -0.1) is 0 Å². The molecule has 0 heterocycles. The molecule has 0 fully saturated rings. The predicted octanol–water partition coefficient (Wildman–Crippen LogP) is 0.746. The van der Waals surface area contributed by atoms with E-state index in [1.165, 1.54) is 0 Å². The standard InChI is InChI=1S/C13H32N4/c1-11(2,12(3,4)17(6)7)13(5,16)10(15)8-9-14/h10H,8-9,14-16H2,1-7H3. The van der Waals surface area contributed by atoms with Crippen molar-refractivity contribution >= 4 is 0 Å². The van der Waals surface area contributed by atoms with Crippen LogP contribution < -0.4 is 17.2 Å². The molecule has 6 N–H and O–H groups in total. The normalized spacial score (nSPS) is 19.2. The Labute approximate surface area is 107 Å². The number of hydrogen-bond donors (Lipinski definition) is 3. The van der Waals surface area contributed by atoms with Gasteiger partial charge in [0.2, 0.25) is 0 Å². The number of hydrogen-bond acceptors (Lipinski definition) is 4. The van der Waals surface area contributed by atoms with E-state index in [0.29, 0.717) is 6.54 Å². The molecule has 0 aliphatic carbocycles. The van der Waals surface area contributed by atoms with Crippen molar-refractivity contribution in [2.24, 2.45) is 22.6 Å². The van der Waals surface area contributed by atoms with Crippen molar-refractivity contribution in [3.05, 3.63) is 0 Å². The highest BCUT2D eigenvalue weighted by molar-refractivity contribution is 5.10. The van der Waals surface area contributed by atoms with E-state index in [4.69, 9.17) is 17.2 Å². The van der Waals surface area contributed by atoms with E-state index in [1.54, 1.807) is 0 Å². The van der Waals surface area contributed by atoms with Crippen molar-refractivity contribution in [3.63, 3.8) is 0 Å². The van der Waals surface area contributed by atoms with E-state index in [2.05, 4.69) is 46.7 Å². The van der Waals surface area contributed by atoms with Crippen LogP contribution in [0.5, 0.6) is 0 Å². The van der Waals surface area contributed by atoms with Crippen molar-refractivity contribution in [1.82, 2.24) is 4.90 Å². The van der Waals surface area contributed by atoms with Crippen molar-refractivity contribution < 1.29 is 0 Å². The molecule has 104 valence electrons. The largest absolute Gasteiger partial charge is 0.330 e. The molecule has 2 unspecified atom stereocenters. The molecule has 0 rings (SSSR count). The SMILES string of the molecule is CN(C)C(C)(C)C(C)(C)C(C)(N)C(N)CCN. The molecule has 0 radical (unpaired) electrons. The highest BCUT2D eigenvalue weighted by Crippen LogP contribution is 2.43. The molecule has 0 aliphatic rings. The second kappa shape index (κ2) is 5.22. The van der Waals surface area contributed by atoms with E-state index in [1.807, 2.05) is 6.92 Å². The summed E-state index contributed by atoms with van der Waals surface area (Å²) in [6, 6.07) is -0.0956. The lowest BCUT2D eigenvalue weighted by Crippen LogP contribution is -2.70. The Balaban J connectivity index is 5.28. The van der Waals surface area contributed by atoms with Crippen LogP contribution in [0.2, 0.25) is 0 Å². The summed E-state index contributed by atoms with van der Waals surface area (Å²) < 4.78 is 0. The Morgan fingerprint density at radius 1 is 1.06 bits per heavy atom. The zero-order chi connectivity index (χ0) is 14.1. The first kappa shape index (κ1) is 16.8. The van der Waals surface area contributed by atoms with Gasteiger partial charge in [0.1, 0.15) is 0 Å². The summed E-state index contributed by atoms with van der Waals surface area (Å²) in [6.07, 6.45) is 0.750. The van der Waals surface area contributed by atoms with Crippen molar-refractivity contribution in [2.75, 3.05) is 20.6 Å². The van der Waals surface area contributed by atoms with E-state index in [-0.39, 0.29) is 17.0 Å². The van der Waals surface area contributed by atoms with Gasteiger partial charge in [-0.05, 0) is 47.8 Å². The van der Waals surface area contributed by atoms with Crippen LogP contribution in [0.1, 0.15) is 41.0 Å². The van der Waals surface area contributed by atoms with Crippen molar-refractivity contribution in [3.8, 4) is 0 Å². The second-order valence-corrected chi connectivity index (χ2v) is 6.54. The Morgan fingerprint density at radius 3 is 1.76 bits per heavy atom. The summed E-state index contributed by atoms with van der Waals surface area (Å²) in [6.45, 7) is 11.4. The van der Waals surface area contributed by atoms with E-state index >= 15 is 0 Å². The molecule has 0 bridgehead atoms. The molecule has 17 heavy (non-hydrogen) atoms. The second-order valence-electron chi connectivity index (χ2n) is 6.54. The van der Waals surface area contributed by atoms with Gasteiger partial charge in [-0.2, -0.15) is 0 Å². The van der Waals surface area contributed by atoms with Crippen molar-refractivity contribution in [1.29, 1.82) is 0 Å². The van der Waals surface area contributed by atoms with Crippen LogP contribution in [0.25, 0.3) is 0 Å². The van der Waals surface area contributed by atoms with Gasteiger partial charge in [0, 0.05) is 22.5 Å². The van der Waals surface area contributed by atoms with E-state index in [0.717, 1.165) is 6.42 Å². The van der Waals surface area contributed by atoms with Crippen LogP contribution in [0.15, 0.2) is 0 Å². The van der Waals surface area contributed by atoms with Gasteiger partial charge in [0.25, 0.3) is 0 Å². The number of rotatable bonds is 6. The Morgan fingerprint density at radius 2 is 1.47 bits per heavy atom. The molecular formula is C13H32N4. The lowest BCUT2D eigenvalue weighted by Gasteiger charge is -2.56. The molecule has 0 amide bonds.